The Morgan fingerprint density at radius 1 is 1.38 bits per heavy atom. The fraction of sp³-hybridized carbons (Fsp3) is 0.308. The number of methoxy groups -OCH3 is 1. The molecule has 0 aliphatic carbocycles. The summed E-state index contributed by atoms with van der Waals surface area (Å²) in [6.45, 7) is 2.00. The topological polar surface area (TPSA) is 81.4 Å². The predicted octanol–water partition coefficient (Wildman–Crippen LogP) is 2.17. The first-order valence-electron chi connectivity index (χ1n) is 6.18. The van der Waals surface area contributed by atoms with Crippen LogP contribution in [0.3, 0.4) is 0 Å². The van der Waals surface area contributed by atoms with Crippen LogP contribution in [-0.2, 0) is 16.4 Å². The van der Waals surface area contributed by atoms with E-state index >= 15 is 0 Å². The number of rotatable bonds is 6. The van der Waals surface area contributed by atoms with Gasteiger partial charge in [-0.3, -0.25) is 0 Å². The maximum absolute atomic E-state index is 12.1. The van der Waals surface area contributed by atoms with Gasteiger partial charge in [0.15, 0.2) is 0 Å². The van der Waals surface area contributed by atoms with Crippen molar-refractivity contribution in [3.63, 3.8) is 0 Å². The van der Waals surface area contributed by atoms with E-state index in [4.69, 9.17) is 20.9 Å². The van der Waals surface area contributed by atoms with Crippen LogP contribution in [0.1, 0.15) is 11.5 Å². The maximum Gasteiger partial charge on any atom is 0.240 e. The van der Waals surface area contributed by atoms with Crippen molar-refractivity contribution in [2.75, 3.05) is 13.7 Å². The number of ether oxygens (including phenoxy) is 1. The van der Waals surface area contributed by atoms with Gasteiger partial charge in [0, 0.05) is 19.0 Å². The van der Waals surface area contributed by atoms with E-state index in [2.05, 4.69) is 9.88 Å². The van der Waals surface area contributed by atoms with Crippen LogP contribution in [0.2, 0.25) is 5.02 Å². The fourth-order valence-corrected chi connectivity index (χ4v) is 3.13. The Morgan fingerprint density at radius 2 is 2.14 bits per heavy atom. The summed E-state index contributed by atoms with van der Waals surface area (Å²) in [5, 5.41) is 4.04. The highest BCUT2D eigenvalue weighted by atomic mass is 35.5. The lowest BCUT2D eigenvalue weighted by atomic mass is 10.3. The number of benzene rings is 1. The smallest absolute Gasteiger partial charge is 0.240 e. The number of hydrogen-bond donors (Lipinski definition) is 1. The largest absolute Gasteiger partial charge is 0.495 e. The zero-order valence-corrected chi connectivity index (χ0v) is 13.2. The van der Waals surface area contributed by atoms with E-state index in [1.54, 1.807) is 13.0 Å². The highest BCUT2D eigenvalue weighted by Crippen LogP contribution is 2.26. The fourth-order valence-electron chi connectivity index (χ4n) is 1.75. The molecule has 6 nitrogen and oxygen atoms in total. The van der Waals surface area contributed by atoms with Crippen LogP contribution in [0.25, 0.3) is 0 Å². The van der Waals surface area contributed by atoms with Crippen LogP contribution in [0.15, 0.2) is 33.7 Å². The first-order chi connectivity index (χ1) is 9.92. The van der Waals surface area contributed by atoms with Gasteiger partial charge in [-0.1, -0.05) is 16.8 Å². The van der Waals surface area contributed by atoms with Gasteiger partial charge in [-0.15, -0.1) is 0 Å². The summed E-state index contributed by atoms with van der Waals surface area (Å²) < 4.78 is 36.6. The van der Waals surface area contributed by atoms with Crippen molar-refractivity contribution in [2.45, 2.75) is 18.2 Å². The van der Waals surface area contributed by atoms with Gasteiger partial charge in [-0.25, -0.2) is 13.1 Å². The summed E-state index contributed by atoms with van der Waals surface area (Å²) in [7, 11) is -2.15. The van der Waals surface area contributed by atoms with Crippen LogP contribution in [0.5, 0.6) is 5.75 Å². The zero-order chi connectivity index (χ0) is 15.5. The van der Waals surface area contributed by atoms with Gasteiger partial charge in [0.05, 0.1) is 22.7 Å². The highest BCUT2D eigenvalue weighted by molar-refractivity contribution is 7.89. The molecule has 0 aliphatic heterocycles. The lowest BCUT2D eigenvalue weighted by Crippen LogP contribution is -2.26. The quantitative estimate of drug-likeness (QED) is 0.877. The lowest BCUT2D eigenvalue weighted by Gasteiger charge is -2.08. The van der Waals surface area contributed by atoms with E-state index in [1.807, 2.05) is 0 Å². The molecule has 0 bridgehead atoms. The average Bonchev–Trinajstić information content (AvgIpc) is 2.84. The SMILES string of the molecule is COc1ccc(S(=O)(=O)NCCc2cc(C)on2)cc1Cl. The van der Waals surface area contributed by atoms with Crippen LogP contribution in [0, 0.1) is 6.92 Å². The van der Waals surface area contributed by atoms with Gasteiger partial charge in [0.1, 0.15) is 11.5 Å². The molecule has 114 valence electrons. The minimum Gasteiger partial charge on any atom is -0.495 e. The third-order valence-electron chi connectivity index (χ3n) is 2.78. The van der Waals surface area contributed by atoms with Gasteiger partial charge >= 0.3 is 0 Å². The molecule has 8 heteroatoms. The van der Waals surface area contributed by atoms with Gasteiger partial charge in [-0.05, 0) is 25.1 Å². The summed E-state index contributed by atoms with van der Waals surface area (Å²) >= 11 is 5.93. The molecule has 0 unspecified atom stereocenters. The molecule has 0 spiro atoms. The second-order valence-corrected chi connectivity index (χ2v) is 6.55. The number of nitrogens with one attached hydrogen (secondary N) is 1. The van der Waals surface area contributed by atoms with Crippen LogP contribution in [0.4, 0.5) is 0 Å². The Kier molecular flexibility index (Phi) is 4.87. The number of halogens is 1. The van der Waals surface area contributed by atoms with Gasteiger partial charge < -0.3 is 9.26 Å². The van der Waals surface area contributed by atoms with Crippen molar-refractivity contribution in [3.05, 3.63) is 40.7 Å². The molecule has 0 radical (unpaired) electrons. The van der Waals surface area contributed by atoms with Gasteiger partial charge in [-0.2, -0.15) is 0 Å². The second kappa shape index (κ2) is 6.46. The van der Waals surface area contributed by atoms with Gasteiger partial charge in [0.25, 0.3) is 0 Å². The number of hydrogen-bond acceptors (Lipinski definition) is 5. The first-order valence-corrected chi connectivity index (χ1v) is 8.04. The van der Waals surface area contributed by atoms with Crippen molar-refractivity contribution < 1.29 is 17.7 Å². The summed E-state index contributed by atoms with van der Waals surface area (Å²) in [6, 6.07) is 6.06. The average molecular weight is 331 g/mol. The molecule has 0 fully saturated rings. The van der Waals surface area contributed by atoms with Crippen molar-refractivity contribution in [1.82, 2.24) is 9.88 Å². The summed E-state index contributed by atoms with van der Waals surface area (Å²) in [4.78, 5) is 0.0876. The minimum atomic E-state index is -3.62. The van der Waals surface area contributed by atoms with E-state index in [9.17, 15) is 8.42 Å². The molecule has 0 saturated carbocycles. The van der Waals surface area contributed by atoms with Crippen molar-refractivity contribution >= 4 is 21.6 Å². The van der Waals surface area contributed by atoms with Crippen molar-refractivity contribution in [2.24, 2.45) is 0 Å². The predicted molar refractivity (Wildman–Crippen MR) is 78.1 cm³/mol. The molecule has 1 aromatic carbocycles. The molecule has 1 aromatic heterocycles. The van der Waals surface area contributed by atoms with Crippen molar-refractivity contribution in [3.8, 4) is 5.75 Å². The van der Waals surface area contributed by atoms with Gasteiger partial charge in [0.2, 0.25) is 10.0 Å². The Hall–Kier alpha value is -1.57. The Labute approximate surface area is 128 Å². The van der Waals surface area contributed by atoms with E-state index in [0.29, 0.717) is 23.6 Å². The monoisotopic (exact) mass is 330 g/mol. The molecule has 0 amide bonds. The Balaban J connectivity index is 2.02. The molecule has 0 atom stereocenters. The molecule has 0 saturated heterocycles. The first kappa shape index (κ1) is 15.8. The standard InChI is InChI=1S/C13H15ClN2O4S/c1-9-7-10(16-20-9)5-6-15-21(17,18)11-3-4-13(19-2)12(14)8-11/h3-4,7-8,15H,5-6H2,1-2H3. The molecule has 0 aliphatic rings. The van der Waals surface area contributed by atoms with Crippen LogP contribution in [-0.4, -0.2) is 27.2 Å². The number of aryl methyl sites for hydroxylation is 1. The van der Waals surface area contributed by atoms with E-state index < -0.39 is 10.0 Å². The van der Waals surface area contributed by atoms with E-state index in [1.165, 1.54) is 25.3 Å². The molecule has 1 heterocycles. The normalized spacial score (nSPS) is 11.6. The third kappa shape index (κ3) is 3.96. The molecule has 21 heavy (non-hydrogen) atoms. The third-order valence-corrected chi connectivity index (χ3v) is 4.54. The zero-order valence-electron chi connectivity index (χ0n) is 11.6. The minimum absolute atomic E-state index is 0.0876. The maximum atomic E-state index is 12.1. The summed E-state index contributed by atoms with van der Waals surface area (Å²) in [5.74, 6) is 1.11. The summed E-state index contributed by atoms with van der Waals surface area (Å²) in [5.41, 5.74) is 0.697. The second-order valence-electron chi connectivity index (χ2n) is 4.37. The van der Waals surface area contributed by atoms with Crippen LogP contribution < -0.4 is 9.46 Å². The molecular weight excluding hydrogens is 316 g/mol. The molecule has 2 rings (SSSR count). The number of sulfonamides is 1. The van der Waals surface area contributed by atoms with E-state index in [0.717, 1.165) is 0 Å². The van der Waals surface area contributed by atoms with E-state index in [-0.39, 0.29) is 16.5 Å². The number of nitrogens with zero attached hydrogens (tertiary/aromatic N) is 1. The Bertz CT molecular complexity index is 728. The molecular formula is C13H15ClN2O4S. The highest BCUT2D eigenvalue weighted by Gasteiger charge is 2.15. The van der Waals surface area contributed by atoms with Crippen LogP contribution >= 0.6 is 11.6 Å². The summed E-state index contributed by atoms with van der Waals surface area (Å²) in [6.07, 6.45) is 0.445. The lowest BCUT2D eigenvalue weighted by molar-refractivity contribution is 0.390. The number of aromatic nitrogens is 1. The molecule has 1 N–H and O–H groups in total. The Morgan fingerprint density at radius 3 is 2.71 bits per heavy atom. The van der Waals surface area contributed by atoms with Crippen molar-refractivity contribution in [1.29, 1.82) is 0 Å². The molecule has 2 aromatic rings.